The number of anilines is 1. The third kappa shape index (κ3) is 4.92. The number of carboxylic acids is 1. The molecule has 25 heavy (non-hydrogen) atoms. The van der Waals surface area contributed by atoms with Crippen molar-refractivity contribution < 1.29 is 14.7 Å². The van der Waals surface area contributed by atoms with Crippen molar-refractivity contribution in [3.05, 3.63) is 11.2 Å². The minimum absolute atomic E-state index is 0.0959. The number of carboxylic acid groups (broad SMARTS) is 1. The lowest BCUT2D eigenvalue weighted by Gasteiger charge is -2.42. The van der Waals surface area contributed by atoms with Gasteiger partial charge in [0.1, 0.15) is 5.00 Å². The second kappa shape index (κ2) is 7.70. The molecule has 2 aliphatic rings. The third-order valence-corrected chi connectivity index (χ3v) is 5.62. The quantitative estimate of drug-likeness (QED) is 0.658. The number of urea groups is 1. The highest BCUT2D eigenvalue weighted by molar-refractivity contribution is 7.14. The molecule has 0 saturated heterocycles. The molecule has 0 aromatic carbocycles. The van der Waals surface area contributed by atoms with E-state index in [1.165, 1.54) is 24.2 Å². The van der Waals surface area contributed by atoms with E-state index in [1.54, 1.807) is 5.51 Å². The molecule has 0 bridgehead atoms. The van der Waals surface area contributed by atoms with Crippen LogP contribution in [0.4, 0.5) is 9.80 Å². The van der Waals surface area contributed by atoms with Gasteiger partial charge in [0.25, 0.3) is 0 Å². The molecule has 138 valence electrons. The first kappa shape index (κ1) is 18.1. The molecule has 0 aliphatic heterocycles. The summed E-state index contributed by atoms with van der Waals surface area (Å²) in [5, 5.41) is 15.8. The van der Waals surface area contributed by atoms with Crippen LogP contribution in [0.3, 0.4) is 0 Å². The van der Waals surface area contributed by atoms with Crippen molar-refractivity contribution in [1.29, 1.82) is 0 Å². The van der Waals surface area contributed by atoms with Gasteiger partial charge in [0.15, 0.2) is 0 Å². The highest BCUT2D eigenvalue weighted by atomic mass is 32.1. The first-order valence-corrected chi connectivity index (χ1v) is 9.77. The molecule has 1 aromatic heterocycles. The van der Waals surface area contributed by atoms with E-state index < -0.39 is 5.97 Å². The number of rotatable bonds is 8. The average Bonchev–Trinajstić information content (AvgIpc) is 3.17. The minimum Gasteiger partial charge on any atom is -0.480 e. The fraction of sp³-hybridized carbons (Fsp3) is 0.706. The average molecular weight is 366 g/mol. The van der Waals surface area contributed by atoms with Gasteiger partial charge in [0, 0.05) is 18.6 Å². The molecule has 3 rings (SSSR count). The first-order valence-electron chi connectivity index (χ1n) is 8.89. The maximum atomic E-state index is 12.2. The summed E-state index contributed by atoms with van der Waals surface area (Å²) in [6, 6.07) is 0.161. The van der Waals surface area contributed by atoms with Crippen LogP contribution in [0, 0.1) is 5.92 Å². The van der Waals surface area contributed by atoms with Crippen LogP contribution in [0.2, 0.25) is 0 Å². The summed E-state index contributed by atoms with van der Waals surface area (Å²) in [5.74, 6) is 0.151. The zero-order valence-corrected chi connectivity index (χ0v) is 15.5. The van der Waals surface area contributed by atoms with Gasteiger partial charge in [0.2, 0.25) is 0 Å². The molecule has 2 amide bonds. The molecule has 8 heteroatoms. The Morgan fingerprint density at radius 1 is 1.40 bits per heavy atom. The topological polar surface area (TPSA) is 94.6 Å². The van der Waals surface area contributed by atoms with Crippen LogP contribution in [0.5, 0.6) is 0 Å². The fourth-order valence-corrected chi connectivity index (χ4v) is 4.07. The summed E-state index contributed by atoms with van der Waals surface area (Å²) >= 11 is 1.43. The van der Waals surface area contributed by atoms with Gasteiger partial charge in [-0.1, -0.05) is 13.8 Å². The van der Waals surface area contributed by atoms with Crippen molar-refractivity contribution in [2.75, 3.05) is 18.4 Å². The Bertz CT molecular complexity index is 623. The minimum atomic E-state index is -0.777. The molecular weight excluding hydrogens is 340 g/mol. The predicted molar refractivity (Wildman–Crippen MR) is 97.1 cm³/mol. The van der Waals surface area contributed by atoms with Crippen LogP contribution >= 0.6 is 11.3 Å². The Labute approximate surface area is 151 Å². The molecule has 0 atom stereocenters. The van der Waals surface area contributed by atoms with E-state index in [1.807, 2.05) is 13.8 Å². The zero-order valence-electron chi connectivity index (χ0n) is 14.7. The van der Waals surface area contributed by atoms with Crippen molar-refractivity contribution in [2.24, 2.45) is 5.92 Å². The van der Waals surface area contributed by atoms with E-state index in [9.17, 15) is 9.59 Å². The summed E-state index contributed by atoms with van der Waals surface area (Å²) in [6.07, 6.45) is 4.04. The summed E-state index contributed by atoms with van der Waals surface area (Å²) in [7, 11) is 0. The summed E-state index contributed by atoms with van der Waals surface area (Å²) < 4.78 is 0. The van der Waals surface area contributed by atoms with E-state index >= 15 is 0 Å². The lowest BCUT2D eigenvalue weighted by molar-refractivity contribution is -0.139. The Hall–Kier alpha value is -1.67. The highest BCUT2D eigenvalue weighted by Gasteiger charge is 2.37. The molecule has 2 aliphatic carbocycles. The van der Waals surface area contributed by atoms with E-state index in [0.29, 0.717) is 5.92 Å². The van der Waals surface area contributed by atoms with Gasteiger partial charge < -0.3 is 10.4 Å². The van der Waals surface area contributed by atoms with Crippen LogP contribution < -0.4 is 10.6 Å². The molecule has 0 spiro atoms. The smallest absolute Gasteiger partial charge is 0.320 e. The number of aromatic nitrogens is 1. The highest BCUT2D eigenvalue weighted by Crippen LogP contribution is 2.34. The van der Waals surface area contributed by atoms with Crippen LogP contribution in [0.1, 0.15) is 51.1 Å². The van der Waals surface area contributed by atoms with Gasteiger partial charge >= 0.3 is 12.0 Å². The standard InChI is InChI=1S/C17H26N4O3S/c1-10(2)15-16(25-9-18-15)20-17(24)19-12-5-13(6-12)21(8-14(22)23)7-11-3-4-11/h9-13H,3-8H2,1-2H3,(H,22,23)(H2,19,20,24). The molecule has 1 heterocycles. The lowest BCUT2D eigenvalue weighted by atomic mass is 9.85. The Morgan fingerprint density at radius 3 is 2.72 bits per heavy atom. The number of nitrogens with zero attached hydrogens (tertiary/aromatic N) is 2. The number of carbonyl (C=O) groups is 2. The number of thiazole rings is 1. The fourth-order valence-electron chi connectivity index (χ4n) is 3.24. The summed E-state index contributed by atoms with van der Waals surface area (Å²) in [5.41, 5.74) is 2.65. The molecule has 2 saturated carbocycles. The zero-order chi connectivity index (χ0) is 18.0. The number of hydrogen-bond acceptors (Lipinski definition) is 5. The summed E-state index contributed by atoms with van der Waals surface area (Å²) in [4.78, 5) is 29.6. The van der Waals surface area contributed by atoms with E-state index in [4.69, 9.17) is 5.11 Å². The normalized spacial score (nSPS) is 22.7. The maximum Gasteiger partial charge on any atom is 0.320 e. The molecule has 7 nitrogen and oxygen atoms in total. The van der Waals surface area contributed by atoms with Crippen LogP contribution in [0.25, 0.3) is 0 Å². The van der Waals surface area contributed by atoms with Gasteiger partial charge in [-0.25, -0.2) is 9.78 Å². The largest absolute Gasteiger partial charge is 0.480 e. The predicted octanol–water partition coefficient (Wildman–Crippen LogP) is 2.72. The number of aliphatic carboxylic acids is 1. The van der Waals surface area contributed by atoms with Gasteiger partial charge in [0.05, 0.1) is 17.7 Å². The van der Waals surface area contributed by atoms with Crippen LogP contribution in [-0.4, -0.2) is 52.2 Å². The van der Waals surface area contributed by atoms with E-state index in [2.05, 4.69) is 20.5 Å². The molecule has 0 radical (unpaired) electrons. The van der Waals surface area contributed by atoms with Crippen molar-refractivity contribution >= 4 is 28.3 Å². The van der Waals surface area contributed by atoms with Gasteiger partial charge in [-0.05, 0) is 37.5 Å². The summed E-state index contributed by atoms with van der Waals surface area (Å²) in [6.45, 7) is 5.06. The number of hydrogen-bond donors (Lipinski definition) is 3. The van der Waals surface area contributed by atoms with Crippen molar-refractivity contribution in [3.8, 4) is 0 Å². The maximum absolute atomic E-state index is 12.2. The second-order valence-corrected chi connectivity index (χ2v) is 8.26. The van der Waals surface area contributed by atoms with Gasteiger partial charge in [-0.15, -0.1) is 11.3 Å². The first-order chi connectivity index (χ1) is 11.9. The molecule has 2 fully saturated rings. The Kier molecular flexibility index (Phi) is 5.58. The number of carbonyl (C=O) groups excluding carboxylic acids is 1. The monoisotopic (exact) mass is 366 g/mol. The van der Waals surface area contributed by atoms with Crippen LogP contribution in [0.15, 0.2) is 5.51 Å². The molecule has 1 aromatic rings. The Balaban J connectivity index is 1.44. The van der Waals surface area contributed by atoms with Gasteiger partial charge in [-0.2, -0.15) is 0 Å². The van der Waals surface area contributed by atoms with Crippen molar-refractivity contribution in [2.45, 2.75) is 57.5 Å². The lowest BCUT2D eigenvalue weighted by Crippen LogP contribution is -2.55. The van der Waals surface area contributed by atoms with Crippen molar-refractivity contribution in [1.82, 2.24) is 15.2 Å². The molecular formula is C17H26N4O3S. The second-order valence-electron chi connectivity index (χ2n) is 7.41. The third-order valence-electron chi connectivity index (χ3n) is 4.86. The van der Waals surface area contributed by atoms with Crippen molar-refractivity contribution in [3.63, 3.8) is 0 Å². The van der Waals surface area contributed by atoms with Gasteiger partial charge in [-0.3, -0.25) is 15.0 Å². The number of amides is 2. The Morgan fingerprint density at radius 2 is 2.12 bits per heavy atom. The molecule has 3 N–H and O–H groups in total. The van der Waals surface area contributed by atoms with Crippen LogP contribution in [-0.2, 0) is 4.79 Å². The van der Waals surface area contributed by atoms with E-state index in [-0.39, 0.29) is 30.6 Å². The SMILES string of the molecule is CC(C)c1ncsc1NC(=O)NC1CC(N(CC(=O)O)CC2CC2)C1. The molecule has 0 unspecified atom stereocenters. The number of nitrogens with one attached hydrogen (secondary N) is 2. The van der Waals surface area contributed by atoms with E-state index in [0.717, 1.165) is 30.1 Å².